The minimum atomic E-state index is -0.787. The Morgan fingerprint density at radius 3 is 2.71 bits per heavy atom. The summed E-state index contributed by atoms with van der Waals surface area (Å²) >= 11 is 11.5. The molecule has 2 rings (SSSR count). The number of nitrogens with zero attached hydrogens (tertiary/aromatic N) is 1. The first-order valence-electron chi connectivity index (χ1n) is 6.59. The molecule has 0 aliphatic carbocycles. The van der Waals surface area contributed by atoms with Gasteiger partial charge in [-0.05, 0) is 18.2 Å². The molecule has 0 spiro atoms. The topological polar surface area (TPSA) is 77.5 Å². The van der Waals surface area contributed by atoms with E-state index in [1.165, 1.54) is 30.5 Å². The van der Waals surface area contributed by atoms with Crippen LogP contribution in [0.2, 0.25) is 10.0 Å². The number of amides is 1. The van der Waals surface area contributed by atoms with Crippen LogP contribution in [0.4, 0.5) is 10.2 Å². The predicted octanol–water partition coefficient (Wildman–Crippen LogP) is 3.09. The van der Waals surface area contributed by atoms with Gasteiger partial charge in [0.05, 0.1) is 10.0 Å². The predicted molar refractivity (Wildman–Crippen MR) is 85.7 cm³/mol. The van der Waals surface area contributed by atoms with Crippen LogP contribution >= 0.6 is 23.2 Å². The summed E-state index contributed by atoms with van der Waals surface area (Å²) < 4.78 is 22.7. The number of carbonyl (C=O) groups excluding carboxylic acids is 2. The third-order valence-electron chi connectivity index (χ3n) is 2.58. The van der Waals surface area contributed by atoms with Crippen LogP contribution in [0.3, 0.4) is 0 Å². The van der Waals surface area contributed by atoms with Crippen LogP contribution in [0.1, 0.15) is 0 Å². The number of rotatable bonds is 6. The molecule has 0 saturated heterocycles. The SMILES string of the molecule is O=C(COC(=O)COc1cccc(F)c1)Nc1ncc(Cl)cc1Cl. The maximum Gasteiger partial charge on any atom is 0.344 e. The number of ether oxygens (including phenoxy) is 2. The zero-order chi connectivity index (χ0) is 17.5. The minimum Gasteiger partial charge on any atom is -0.482 e. The van der Waals surface area contributed by atoms with Crippen molar-refractivity contribution in [3.63, 3.8) is 0 Å². The van der Waals surface area contributed by atoms with Crippen molar-refractivity contribution in [3.8, 4) is 5.75 Å². The van der Waals surface area contributed by atoms with Crippen molar-refractivity contribution in [3.05, 3.63) is 52.4 Å². The van der Waals surface area contributed by atoms with Crippen molar-refractivity contribution >= 4 is 40.9 Å². The van der Waals surface area contributed by atoms with Gasteiger partial charge in [-0.1, -0.05) is 29.3 Å². The number of pyridine rings is 1. The lowest BCUT2D eigenvalue weighted by molar-refractivity contribution is -0.149. The van der Waals surface area contributed by atoms with E-state index in [0.717, 1.165) is 6.07 Å². The van der Waals surface area contributed by atoms with E-state index in [-0.39, 0.29) is 16.6 Å². The van der Waals surface area contributed by atoms with Crippen LogP contribution < -0.4 is 10.1 Å². The van der Waals surface area contributed by atoms with E-state index in [4.69, 9.17) is 32.7 Å². The van der Waals surface area contributed by atoms with Gasteiger partial charge in [-0.25, -0.2) is 14.2 Å². The third-order valence-corrected chi connectivity index (χ3v) is 3.08. The molecule has 1 amide bonds. The summed E-state index contributed by atoms with van der Waals surface area (Å²) in [5.74, 6) is -1.64. The Kier molecular flexibility index (Phi) is 6.34. The Morgan fingerprint density at radius 1 is 1.21 bits per heavy atom. The van der Waals surface area contributed by atoms with Gasteiger partial charge in [0.1, 0.15) is 11.6 Å². The monoisotopic (exact) mass is 372 g/mol. The number of aromatic nitrogens is 1. The van der Waals surface area contributed by atoms with Gasteiger partial charge in [-0.2, -0.15) is 0 Å². The van der Waals surface area contributed by atoms with E-state index in [0.29, 0.717) is 5.02 Å². The molecule has 24 heavy (non-hydrogen) atoms. The average Bonchev–Trinajstić information content (AvgIpc) is 2.54. The minimum absolute atomic E-state index is 0.0955. The molecule has 9 heteroatoms. The summed E-state index contributed by atoms with van der Waals surface area (Å²) in [5.41, 5.74) is 0. The summed E-state index contributed by atoms with van der Waals surface area (Å²) in [6.07, 6.45) is 1.31. The van der Waals surface area contributed by atoms with E-state index in [1.807, 2.05) is 0 Å². The second-order valence-corrected chi connectivity index (χ2v) is 5.28. The van der Waals surface area contributed by atoms with Crippen LogP contribution in [-0.4, -0.2) is 30.1 Å². The number of nitrogens with one attached hydrogen (secondary N) is 1. The highest BCUT2D eigenvalue weighted by Gasteiger charge is 2.11. The van der Waals surface area contributed by atoms with Gasteiger partial charge in [0.15, 0.2) is 19.0 Å². The Labute approximate surface area is 146 Å². The maximum atomic E-state index is 12.9. The Morgan fingerprint density at radius 2 is 2.00 bits per heavy atom. The molecule has 126 valence electrons. The van der Waals surface area contributed by atoms with Crippen LogP contribution in [0.15, 0.2) is 36.5 Å². The largest absolute Gasteiger partial charge is 0.482 e. The number of hydrogen-bond donors (Lipinski definition) is 1. The number of hydrogen-bond acceptors (Lipinski definition) is 5. The highest BCUT2D eigenvalue weighted by molar-refractivity contribution is 6.36. The van der Waals surface area contributed by atoms with Crippen molar-refractivity contribution in [2.24, 2.45) is 0 Å². The fourth-order valence-electron chi connectivity index (χ4n) is 1.56. The van der Waals surface area contributed by atoms with Gasteiger partial charge >= 0.3 is 5.97 Å². The second kappa shape index (κ2) is 8.47. The molecule has 1 heterocycles. The lowest BCUT2D eigenvalue weighted by Gasteiger charge is -2.08. The first-order valence-corrected chi connectivity index (χ1v) is 7.34. The standard InChI is InChI=1S/C15H11Cl2FN2O4/c16-9-4-12(17)15(19-6-9)20-13(21)7-24-14(22)8-23-11-3-1-2-10(18)5-11/h1-6H,7-8H2,(H,19,20,21). The van der Waals surface area contributed by atoms with E-state index >= 15 is 0 Å². The van der Waals surface area contributed by atoms with Gasteiger partial charge in [0, 0.05) is 12.3 Å². The normalized spacial score (nSPS) is 10.1. The summed E-state index contributed by atoms with van der Waals surface area (Å²) in [5, 5.41) is 2.83. The van der Waals surface area contributed by atoms with Crippen molar-refractivity contribution in [2.45, 2.75) is 0 Å². The van der Waals surface area contributed by atoms with E-state index in [1.54, 1.807) is 0 Å². The van der Waals surface area contributed by atoms with Gasteiger partial charge in [-0.3, -0.25) is 4.79 Å². The zero-order valence-corrected chi connectivity index (χ0v) is 13.6. The quantitative estimate of drug-likeness (QED) is 0.788. The van der Waals surface area contributed by atoms with Crippen LogP contribution in [0, 0.1) is 5.82 Å². The fraction of sp³-hybridized carbons (Fsp3) is 0.133. The van der Waals surface area contributed by atoms with E-state index < -0.39 is 30.9 Å². The van der Waals surface area contributed by atoms with Crippen molar-refractivity contribution in [1.29, 1.82) is 0 Å². The maximum absolute atomic E-state index is 12.9. The zero-order valence-electron chi connectivity index (χ0n) is 12.1. The van der Waals surface area contributed by atoms with Gasteiger partial charge < -0.3 is 14.8 Å². The fourth-order valence-corrected chi connectivity index (χ4v) is 1.99. The molecule has 0 unspecified atom stereocenters. The van der Waals surface area contributed by atoms with Crippen molar-refractivity contribution in [2.75, 3.05) is 18.5 Å². The van der Waals surface area contributed by atoms with E-state index in [2.05, 4.69) is 10.3 Å². The number of halogens is 3. The molecule has 0 fully saturated rings. The average molecular weight is 373 g/mol. The van der Waals surface area contributed by atoms with Crippen LogP contribution in [0.25, 0.3) is 0 Å². The van der Waals surface area contributed by atoms with Crippen LogP contribution in [0.5, 0.6) is 5.75 Å². The molecule has 0 bridgehead atoms. The van der Waals surface area contributed by atoms with Crippen molar-refractivity contribution in [1.82, 2.24) is 4.98 Å². The van der Waals surface area contributed by atoms with E-state index in [9.17, 15) is 14.0 Å². The lowest BCUT2D eigenvalue weighted by atomic mass is 10.3. The van der Waals surface area contributed by atoms with Gasteiger partial charge in [0.2, 0.25) is 0 Å². The smallest absolute Gasteiger partial charge is 0.344 e. The Hall–Kier alpha value is -2.38. The molecule has 1 aromatic carbocycles. The number of carbonyl (C=O) groups is 2. The molecule has 1 aromatic heterocycles. The van der Waals surface area contributed by atoms with Crippen LogP contribution in [-0.2, 0) is 14.3 Å². The first kappa shape index (κ1) is 18.0. The summed E-state index contributed by atoms with van der Waals surface area (Å²) in [7, 11) is 0. The van der Waals surface area contributed by atoms with Gasteiger partial charge in [-0.15, -0.1) is 0 Å². The molecular weight excluding hydrogens is 362 g/mol. The summed E-state index contributed by atoms with van der Waals surface area (Å²) in [6, 6.07) is 6.69. The number of esters is 1. The van der Waals surface area contributed by atoms with Gasteiger partial charge in [0.25, 0.3) is 5.91 Å². The molecule has 0 atom stereocenters. The second-order valence-electron chi connectivity index (χ2n) is 4.44. The summed E-state index contributed by atoms with van der Waals surface area (Å²) in [6.45, 7) is -1.01. The molecular formula is C15H11Cl2FN2O4. The number of benzene rings is 1. The van der Waals surface area contributed by atoms with Crippen molar-refractivity contribution < 1.29 is 23.5 Å². The molecule has 0 radical (unpaired) electrons. The highest BCUT2D eigenvalue weighted by atomic mass is 35.5. The molecule has 1 N–H and O–H groups in total. The number of anilines is 1. The Bertz CT molecular complexity index is 758. The summed E-state index contributed by atoms with van der Waals surface area (Å²) in [4.78, 5) is 27.0. The first-order chi connectivity index (χ1) is 11.4. The molecule has 2 aromatic rings. The molecule has 0 saturated carbocycles. The Balaban J connectivity index is 1.75. The molecule has 0 aliphatic rings. The molecule has 0 aliphatic heterocycles. The molecule has 6 nitrogen and oxygen atoms in total. The lowest BCUT2D eigenvalue weighted by Crippen LogP contribution is -2.24. The highest BCUT2D eigenvalue weighted by Crippen LogP contribution is 2.22. The third kappa shape index (κ3) is 5.68.